The average Bonchev–Trinajstić information content (AvgIpc) is 3.50. The van der Waals surface area contributed by atoms with E-state index in [0.717, 1.165) is 0 Å². The number of para-hydroxylation sites is 2. The standard InChI is InChI=1S/C52H45N/c1-51(2,3)38-26-19-35(20-27-38)49-43-15-7-8-16-44(43)50(36-21-28-39(29-22-36)52(4,5)6)46-33-37(25-32-45(46)49)34-23-30-40(31-24-34)53-47-17-11-9-13-41(47)42-14-10-12-18-48(42)53/h7-33H,1-6H3. The van der Waals surface area contributed by atoms with Gasteiger partial charge in [0.05, 0.1) is 11.0 Å². The molecule has 9 rings (SSSR count). The Bertz CT molecular complexity index is 2750. The van der Waals surface area contributed by atoms with Crippen LogP contribution in [0.25, 0.3) is 82.4 Å². The first kappa shape index (κ1) is 33.0. The summed E-state index contributed by atoms with van der Waals surface area (Å²) in [7, 11) is 0. The van der Waals surface area contributed by atoms with Gasteiger partial charge in [0.2, 0.25) is 0 Å². The van der Waals surface area contributed by atoms with Crippen LogP contribution in [0.3, 0.4) is 0 Å². The molecule has 1 heterocycles. The zero-order chi connectivity index (χ0) is 36.5. The molecule has 0 aliphatic rings. The zero-order valence-electron chi connectivity index (χ0n) is 31.5. The number of benzene rings is 8. The molecule has 0 aliphatic carbocycles. The molecule has 0 N–H and O–H groups in total. The summed E-state index contributed by atoms with van der Waals surface area (Å²) in [6.45, 7) is 13.7. The van der Waals surface area contributed by atoms with E-state index in [2.05, 4.69) is 210 Å². The Morgan fingerprint density at radius 2 is 0.698 bits per heavy atom. The smallest absolute Gasteiger partial charge is 0.0541 e. The third-order valence-electron chi connectivity index (χ3n) is 11.1. The number of rotatable bonds is 4. The summed E-state index contributed by atoms with van der Waals surface area (Å²) in [4.78, 5) is 0. The van der Waals surface area contributed by atoms with Crippen LogP contribution >= 0.6 is 0 Å². The van der Waals surface area contributed by atoms with Crippen LogP contribution in [0, 0.1) is 0 Å². The van der Waals surface area contributed by atoms with E-state index in [-0.39, 0.29) is 10.8 Å². The second-order valence-electron chi connectivity index (χ2n) is 16.6. The van der Waals surface area contributed by atoms with E-state index >= 15 is 0 Å². The second kappa shape index (κ2) is 12.3. The minimum atomic E-state index is 0.0876. The largest absolute Gasteiger partial charge is 0.309 e. The fraction of sp³-hybridized carbons (Fsp3) is 0.154. The van der Waals surface area contributed by atoms with Gasteiger partial charge in [-0.25, -0.2) is 0 Å². The Morgan fingerprint density at radius 3 is 1.17 bits per heavy atom. The van der Waals surface area contributed by atoms with Crippen molar-refractivity contribution in [3.05, 3.63) is 175 Å². The monoisotopic (exact) mass is 683 g/mol. The molecule has 0 unspecified atom stereocenters. The Kier molecular flexibility index (Phi) is 7.68. The van der Waals surface area contributed by atoms with Crippen molar-refractivity contribution in [2.24, 2.45) is 0 Å². The molecule has 53 heavy (non-hydrogen) atoms. The van der Waals surface area contributed by atoms with E-state index in [1.54, 1.807) is 0 Å². The van der Waals surface area contributed by atoms with Crippen molar-refractivity contribution >= 4 is 43.4 Å². The van der Waals surface area contributed by atoms with Gasteiger partial charge in [-0.05, 0) is 107 Å². The van der Waals surface area contributed by atoms with Gasteiger partial charge in [0, 0.05) is 16.5 Å². The summed E-state index contributed by atoms with van der Waals surface area (Å²) in [5.74, 6) is 0. The lowest BCUT2D eigenvalue weighted by Crippen LogP contribution is -2.10. The molecular weight excluding hydrogens is 639 g/mol. The molecule has 0 saturated carbocycles. The van der Waals surface area contributed by atoms with Crippen LogP contribution in [0.1, 0.15) is 52.7 Å². The predicted molar refractivity (Wildman–Crippen MR) is 230 cm³/mol. The highest BCUT2D eigenvalue weighted by Crippen LogP contribution is 2.45. The lowest BCUT2D eigenvalue weighted by Gasteiger charge is -2.22. The summed E-state index contributed by atoms with van der Waals surface area (Å²) in [6.07, 6.45) is 0. The zero-order valence-corrected chi connectivity index (χ0v) is 31.5. The van der Waals surface area contributed by atoms with Gasteiger partial charge in [0.25, 0.3) is 0 Å². The Labute approximate surface area is 313 Å². The maximum atomic E-state index is 2.43. The molecule has 1 heteroatoms. The van der Waals surface area contributed by atoms with Crippen LogP contribution in [0.5, 0.6) is 0 Å². The van der Waals surface area contributed by atoms with Crippen LogP contribution in [-0.4, -0.2) is 4.57 Å². The molecule has 0 aliphatic heterocycles. The molecule has 0 radical (unpaired) electrons. The number of fused-ring (bicyclic) bond motifs is 5. The highest BCUT2D eigenvalue weighted by atomic mass is 15.0. The van der Waals surface area contributed by atoms with E-state index < -0.39 is 0 Å². The number of hydrogen-bond donors (Lipinski definition) is 0. The Hall–Kier alpha value is -5.92. The molecule has 0 fully saturated rings. The molecule has 0 atom stereocenters. The summed E-state index contributed by atoms with van der Waals surface area (Å²) >= 11 is 0. The summed E-state index contributed by atoms with van der Waals surface area (Å²) in [5, 5.41) is 7.65. The van der Waals surface area contributed by atoms with E-state index in [1.807, 2.05) is 0 Å². The molecule has 1 aromatic heterocycles. The van der Waals surface area contributed by atoms with Gasteiger partial charge < -0.3 is 4.57 Å². The van der Waals surface area contributed by atoms with Crippen LogP contribution in [-0.2, 0) is 10.8 Å². The molecule has 0 bridgehead atoms. The number of aromatic nitrogens is 1. The van der Waals surface area contributed by atoms with Crippen molar-refractivity contribution in [3.63, 3.8) is 0 Å². The van der Waals surface area contributed by atoms with Gasteiger partial charge in [-0.1, -0.05) is 175 Å². The maximum Gasteiger partial charge on any atom is 0.0541 e. The summed E-state index contributed by atoms with van der Waals surface area (Å²) in [5.41, 5.74) is 14.0. The molecule has 0 spiro atoms. The normalized spacial score (nSPS) is 12.3. The van der Waals surface area contributed by atoms with Gasteiger partial charge in [-0.2, -0.15) is 0 Å². The topological polar surface area (TPSA) is 4.93 Å². The van der Waals surface area contributed by atoms with Crippen molar-refractivity contribution in [2.45, 2.75) is 52.4 Å². The predicted octanol–water partition coefficient (Wildman–Crippen LogP) is 14.7. The van der Waals surface area contributed by atoms with E-state index in [0.29, 0.717) is 0 Å². The van der Waals surface area contributed by atoms with Crippen molar-refractivity contribution in [1.82, 2.24) is 4.57 Å². The van der Waals surface area contributed by atoms with Crippen molar-refractivity contribution < 1.29 is 0 Å². The van der Waals surface area contributed by atoms with Crippen molar-refractivity contribution in [3.8, 4) is 39.1 Å². The summed E-state index contributed by atoms with van der Waals surface area (Å²) < 4.78 is 2.39. The van der Waals surface area contributed by atoms with Crippen LogP contribution < -0.4 is 0 Å². The van der Waals surface area contributed by atoms with Gasteiger partial charge >= 0.3 is 0 Å². The molecule has 8 aromatic carbocycles. The fourth-order valence-electron chi connectivity index (χ4n) is 8.26. The van der Waals surface area contributed by atoms with Gasteiger partial charge in [0.15, 0.2) is 0 Å². The first-order valence-electron chi connectivity index (χ1n) is 18.9. The third-order valence-corrected chi connectivity index (χ3v) is 11.1. The molecule has 1 nitrogen and oxygen atoms in total. The molecule has 0 amide bonds. The summed E-state index contributed by atoms with van der Waals surface area (Å²) in [6, 6.07) is 61.1. The van der Waals surface area contributed by atoms with Crippen molar-refractivity contribution in [1.29, 1.82) is 0 Å². The van der Waals surface area contributed by atoms with Gasteiger partial charge in [-0.15, -0.1) is 0 Å². The lowest BCUT2D eigenvalue weighted by atomic mass is 9.82. The Morgan fingerprint density at radius 1 is 0.321 bits per heavy atom. The van der Waals surface area contributed by atoms with E-state index in [1.165, 1.54) is 93.5 Å². The molecule has 258 valence electrons. The quantitative estimate of drug-likeness (QED) is 0.163. The number of hydrogen-bond acceptors (Lipinski definition) is 0. The molecule has 9 aromatic rings. The van der Waals surface area contributed by atoms with Crippen LogP contribution in [0.15, 0.2) is 164 Å². The van der Waals surface area contributed by atoms with E-state index in [4.69, 9.17) is 0 Å². The third kappa shape index (κ3) is 5.63. The second-order valence-corrected chi connectivity index (χ2v) is 16.6. The minimum Gasteiger partial charge on any atom is -0.309 e. The SMILES string of the molecule is CC(C)(C)c1ccc(-c2c3ccccc3c(-c3ccc(C(C)(C)C)cc3)c3cc(-c4ccc(-n5c6ccccc6c6ccccc65)cc4)ccc23)cc1. The Balaban J connectivity index is 1.25. The highest BCUT2D eigenvalue weighted by molar-refractivity contribution is 6.22. The lowest BCUT2D eigenvalue weighted by molar-refractivity contribution is 0.590. The first-order chi connectivity index (χ1) is 25.6. The average molecular weight is 684 g/mol. The maximum absolute atomic E-state index is 2.43. The highest BCUT2D eigenvalue weighted by Gasteiger charge is 2.20. The molecular formula is C52H45N. The molecule has 0 saturated heterocycles. The van der Waals surface area contributed by atoms with Crippen LogP contribution in [0.4, 0.5) is 0 Å². The number of nitrogens with zero attached hydrogens (tertiary/aromatic N) is 1. The minimum absolute atomic E-state index is 0.0876. The van der Waals surface area contributed by atoms with Crippen molar-refractivity contribution in [2.75, 3.05) is 0 Å². The van der Waals surface area contributed by atoms with E-state index in [9.17, 15) is 0 Å². The first-order valence-corrected chi connectivity index (χ1v) is 18.9. The van der Waals surface area contributed by atoms with Gasteiger partial charge in [-0.3, -0.25) is 0 Å². The van der Waals surface area contributed by atoms with Crippen LogP contribution in [0.2, 0.25) is 0 Å². The van der Waals surface area contributed by atoms with Gasteiger partial charge in [0.1, 0.15) is 0 Å². The fourth-order valence-corrected chi connectivity index (χ4v) is 8.26.